The van der Waals surface area contributed by atoms with Gasteiger partial charge in [0.05, 0.1) is 16.6 Å². The summed E-state index contributed by atoms with van der Waals surface area (Å²) in [6.45, 7) is 0. The van der Waals surface area contributed by atoms with Gasteiger partial charge in [-0.3, -0.25) is 14.2 Å². The molecule has 33 heavy (non-hydrogen) atoms. The van der Waals surface area contributed by atoms with Gasteiger partial charge in [-0.15, -0.1) is 0 Å². The fraction of sp³-hybridized carbons (Fsp3) is 0.160. The van der Waals surface area contributed by atoms with E-state index in [1.54, 1.807) is 24.3 Å². The van der Waals surface area contributed by atoms with Gasteiger partial charge in [0.1, 0.15) is 16.9 Å². The number of nitrogens with zero attached hydrogens (tertiary/aromatic N) is 2. The summed E-state index contributed by atoms with van der Waals surface area (Å²) in [5.41, 5.74) is 0.534. The zero-order valence-electron chi connectivity index (χ0n) is 17.4. The number of halogens is 2. The van der Waals surface area contributed by atoms with Crippen LogP contribution in [0.4, 0.5) is 8.78 Å². The van der Waals surface area contributed by atoms with Crippen LogP contribution in [0, 0.1) is 11.6 Å². The molecular weight excluding hydrogens is 444 g/mol. The molecule has 1 aliphatic carbocycles. The average molecular weight is 464 g/mol. The van der Waals surface area contributed by atoms with Gasteiger partial charge in [-0.1, -0.05) is 54.2 Å². The Kier molecular flexibility index (Phi) is 5.68. The molecule has 0 unspecified atom stereocenters. The summed E-state index contributed by atoms with van der Waals surface area (Å²) in [7, 11) is 0. The molecule has 166 valence electrons. The fourth-order valence-electron chi connectivity index (χ4n) is 3.58. The summed E-state index contributed by atoms with van der Waals surface area (Å²) in [4.78, 5) is 31.2. The molecule has 1 saturated carbocycles. The number of amides is 1. The maximum Gasteiger partial charge on any atom is 0.266 e. The molecule has 0 bridgehead atoms. The Hall–Kier alpha value is -3.52. The minimum absolute atomic E-state index is 0.128. The van der Waals surface area contributed by atoms with E-state index in [0.717, 1.165) is 46.9 Å². The zero-order chi connectivity index (χ0) is 22.9. The molecule has 1 atom stereocenters. The molecule has 5 nitrogen and oxygen atoms in total. The van der Waals surface area contributed by atoms with Crippen molar-refractivity contribution in [2.24, 2.45) is 0 Å². The van der Waals surface area contributed by atoms with Crippen LogP contribution in [0.25, 0.3) is 16.6 Å². The van der Waals surface area contributed by atoms with Crippen LogP contribution < -0.4 is 10.9 Å². The highest BCUT2D eigenvalue weighted by atomic mass is 32.2. The number of hydrogen-bond acceptors (Lipinski definition) is 4. The second-order valence-electron chi connectivity index (χ2n) is 7.84. The van der Waals surface area contributed by atoms with E-state index in [2.05, 4.69) is 10.3 Å². The minimum Gasteiger partial charge on any atom is -0.352 e. The Balaban J connectivity index is 1.68. The molecule has 1 fully saturated rings. The Bertz CT molecular complexity index is 1400. The predicted molar refractivity (Wildman–Crippen MR) is 123 cm³/mol. The number of nitrogens with one attached hydrogen (secondary N) is 1. The molecule has 0 aliphatic heterocycles. The molecule has 1 heterocycles. The maximum atomic E-state index is 14.8. The molecular formula is C25H19F2N3O2S. The lowest BCUT2D eigenvalue weighted by Gasteiger charge is -2.19. The Morgan fingerprint density at radius 1 is 1.03 bits per heavy atom. The van der Waals surface area contributed by atoms with E-state index in [9.17, 15) is 18.4 Å². The summed E-state index contributed by atoms with van der Waals surface area (Å²) in [6, 6.07) is 19.0. The van der Waals surface area contributed by atoms with Crippen molar-refractivity contribution < 1.29 is 13.6 Å². The largest absolute Gasteiger partial charge is 0.352 e. The van der Waals surface area contributed by atoms with Crippen LogP contribution in [0.1, 0.15) is 23.7 Å². The first-order chi connectivity index (χ1) is 16.0. The molecule has 5 rings (SSSR count). The van der Waals surface area contributed by atoms with Crippen molar-refractivity contribution in [1.29, 1.82) is 0 Å². The van der Waals surface area contributed by atoms with Gasteiger partial charge in [0.25, 0.3) is 5.56 Å². The normalized spacial score (nSPS) is 14.2. The summed E-state index contributed by atoms with van der Waals surface area (Å²) < 4.78 is 29.5. The van der Waals surface area contributed by atoms with Crippen LogP contribution in [0.5, 0.6) is 0 Å². The van der Waals surface area contributed by atoms with Crippen LogP contribution in [0.2, 0.25) is 0 Å². The number of fused-ring (bicyclic) bond motifs is 1. The number of carbonyl (C=O) groups is 1. The maximum absolute atomic E-state index is 14.8. The quantitative estimate of drug-likeness (QED) is 0.330. The molecule has 8 heteroatoms. The first kappa shape index (κ1) is 21.3. The van der Waals surface area contributed by atoms with Crippen LogP contribution in [-0.4, -0.2) is 21.5 Å². The SMILES string of the molecule is O=C(NC1CC1)[C@H](Sc1nc2ccccc2c(=O)n1-c1ccc(F)cc1F)c1ccccc1. The standard InChI is InChI=1S/C25H19F2N3O2S/c26-16-10-13-21(19(27)14-16)30-24(32)18-8-4-5-9-20(18)29-25(30)33-22(15-6-2-1-3-7-15)23(31)28-17-11-12-17/h1-10,13-14,17,22H,11-12H2,(H,28,31)/t22-/m1/s1. The number of aromatic nitrogens is 2. The van der Waals surface area contributed by atoms with Gasteiger partial charge in [-0.05, 0) is 42.7 Å². The monoisotopic (exact) mass is 463 g/mol. The van der Waals surface area contributed by atoms with E-state index >= 15 is 0 Å². The molecule has 1 amide bonds. The third kappa shape index (κ3) is 4.39. The fourth-order valence-corrected chi connectivity index (χ4v) is 4.69. The number of benzene rings is 3. The lowest BCUT2D eigenvalue weighted by atomic mass is 10.1. The smallest absolute Gasteiger partial charge is 0.266 e. The van der Waals surface area contributed by atoms with Crippen molar-refractivity contribution in [3.8, 4) is 5.69 Å². The van der Waals surface area contributed by atoms with Gasteiger partial charge < -0.3 is 5.32 Å². The summed E-state index contributed by atoms with van der Waals surface area (Å²) >= 11 is 1.06. The number of carbonyl (C=O) groups excluding carboxylic acids is 1. The van der Waals surface area contributed by atoms with E-state index in [1.165, 1.54) is 6.07 Å². The zero-order valence-corrected chi connectivity index (χ0v) is 18.2. The molecule has 4 aromatic rings. The topological polar surface area (TPSA) is 64.0 Å². The lowest BCUT2D eigenvalue weighted by Crippen LogP contribution is -2.30. The van der Waals surface area contributed by atoms with Crippen LogP contribution in [0.3, 0.4) is 0 Å². The van der Waals surface area contributed by atoms with Gasteiger partial charge in [0, 0.05) is 12.1 Å². The number of thioether (sulfide) groups is 1. The second-order valence-corrected chi connectivity index (χ2v) is 8.91. The van der Waals surface area contributed by atoms with Gasteiger partial charge >= 0.3 is 0 Å². The molecule has 0 saturated heterocycles. The first-order valence-corrected chi connectivity index (χ1v) is 11.4. The molecule has 0 spiro atoms. The molecule has 1 N–H and O–H groups in total. The number of rotatable bonds is 6. The summed E-state index contributed by atoms with van der Waals surface area (Å²) in [5.74, 6) is -1.85. The van der Waals surface area contributed by atoms with Crippen molar-refractivity contribution >= 4 is 28.6 Å². The van der Waals surface area contributed by atoms with Crippen LogP contribution >= 0.6 is 11.8 Å². The van der Waals surface area contributed by atoms with Crippen molar-refractivity contribution in [1.82, 2.24) is 14.9 Å². The number of hydrogen-bond donors (Lipinski definition) is 1. The third-order valence-electron chi connectivity index (χ3n) is 5.38. The van der Waals surface area contributed by atoms with E-state index in [4.69, 9.17) is 0 Å². The van der Waals surface area contributed by atoms with E-state index in [0.29, 0.717) is 10.9 Å². The van der Waals surface area contributed by atoms with Gasteiger partial charge in [-0.2, -0.15) is 0 Å². The highest BCUT2D eigenvalue weighted by molar-refractivity contribution is 8.00. The van der Waals surface area contributed by atoms with Crippen molar-refractivity contribution in [3.05, 3.63) is 100 Å². The van der Waals surface area contributed by atoms with Crippen LogP contribution in [-0.2, 0) is 4.79 Å². The number of para-hydroxylation sites is 1. The Morgan fingerprint density at radius 2 is 1.76 bits per heavy atom. The Morgan fingerprint density at radius 3 is 2.48 bits per heavy atom. The van der Waals surface area contributed by atoms with Crippen molar-refractivity contribution in [2.75, 3.05) is 0 Å². The highest BCUT2D eigenvalue weighted by Crippen LogP contribution is 2.36. The highest BCUT2D eigenvalue weighted by Gasteiger charge is 2.31. The molecule has 1 aromatic heterocycles. The molecule has 3 aromatic carbocycles. The van der Waals surface area contributed by atoms with E-state index in [-0.39, 0.29) is 22.8 Å². The second kappa shape index (κ2) is 8.78. The van der Waals surface area contributed by atoms with Crippen molar-refractivity contribution in [3.63, 3.8) is 0 Å². The average Bonchev–Trinajstić information content (AvgIpc) is 3.63. The molecule has 0 radical (unpaired) electrons. The lowest BCUT2D eigenvalue weighted by molar-refractivity contribution is -0.120. The van der Waals surface area contributed by atoms with Crippen LogP contribution in [0.15, 0.2) is 82.7 Å². The predicted octanol–water partition coefficient (Wildman–Crippen LogP) is 4.78. The van der Waals surface area contributed by atoms with Gasteiger partial charge in [0.2, 0.25) is 5.91 Å². The third-order valence-corrected chi connectivity index (χ3v) is 6.59. The van der Waals surface area contributed by atoms with Gasteiger partial charge in [0.15, 0.2) is 5.16 Å². The first-order valence-electron chi connectivity index (χ1n) is 10.5. The summed E-state index contributed by atoms with van der Waals surface area (Å²) in [6.07, 6.45) is 1.86. The minimum atomic E-state index is -0.894. The molecule has 1 aliphatic rings. The van der Waals surface area contributed by atoms with Crippen molar-refractivity contribution in [2.45, 2.75) is 29.3 Å². The van der Waals surface area contributed by atoms with E-state index < -0.39 is 22.4 Å². The Labute approximate surface area is 192 Å². The van der Waals surface area contributed by atoms with Gasteiger partial charge in [-0.25, -0.2) is 13.8 Å². The summed E-state index contributed by atoms with van der Waals surface area (Å²) in [5, 5.41) is 2.73. The van der Waals surface area contributed by atoms with E-state index in [1.807, 2.05) is 30.3 Å².